The molecule has 164 valence electrons. The Labute approximate surface area is 177 Å². The maximum atomic E-state index is 13.4. The summed E-state index contributed by atoms with van der Waals surface area (Å²) in [5.74, 6) is -1.37. The first-order valence-corrected chi connectivity index (χ1v) is 11.4. The van der Waals surface area contributed by atoms with Crippen LogP contribution in [0.1, 0.15) is 31.2 Å². The van der Waals surface area contributed by atoms with Crippen molar-refractivity contribution in [1.82, 2.24) is 9.80 Å². The van der Waals surface area contributed by atoms with Crippen molar-refractivity contribution in [3.63, 3.8) is 0 Å². The average Bonchev–Trinajstić information content (AvgIpc) is 2.67. The molecule has 1 N–H and O–H groups in total. The summed E-state index contributed by atoms with van der Waals surface area (Å²) in [7, 11) is -3.37. The Morgan fingerprint density at radius 2 is 1.77 bits per heavy atom. The molecule has 1 amide bonds. The highest BCUT2D eigenvalue weighted by Crippen LogP contribution is 2.19. The lowest BCUT2D eigenvalue weighted by Gasteiger charge is -2.40. The van der Waals surface area contributed by atoms with E-state index in [9.17, 15) is 22.0 Å². The number of hydrogen-bond acceptors (Lipinski definition) is 4. The van der Waals surface area contributed by atoms with Gasteiger partial charge in [-0.15, -0.1) is 0 Å². The predicted octanol–water partition coefficient (Wildman–Crippen LogP) is 3.32. The molecule has 6 nitrogen and oxygen atoms in total. The van der Waals surface area contributed by atoms with Gasteiger partial charge in [-0.1, -0.05) is 0 Å². The average molecular weight is 440 g/mol. The van der Waals surface area contributed by atoms with Crippen molar-refractivity contribution in [3.05, 3.63) is 65.2 Å². The third-order valence-corrected chi connectivity index (χ3v) is 6.39. The van der Waals surface area contributed by atoms with Crippen LogP contribution in [-0.2, 0) is 16.6 Å². The van der Waals surface area contributed by atoms with E-state index in [-0.39, 0.29) is 19.1 Å². The van der Waals surface area contributed by atoms with Gasteiger partial charge < -0.3 is 4.90 Å². The maximum Gasteiger partial charge on any atom is 0.254 e. The SMILES string of the molecule is CCS(=O)(=O)Nc1ccc(C(=O)N2CCN(Cc3cc(F)cc(F)c3)C[C@@H]2C)cc1.[HH]. The van der Waals surface area contributed by atoms with Crippen molar-refractivity contribution in [2.75, 3.05) is 30.1 Å². The highest BCUT2D eigenvalue weighted by molar-refractivity contribution is 7.92. The van der Waals surface area contributed by atoms with Crippen molar-refractivity contribution < 1.29 is 23.4 Å². The van der Waals surface area contributed by atoms with Crippen LogP contribution in [0.5, 0.6) is 0 Å². The Hall–Kier alpha value is -2.52. The van der Waals surface area contributed by atoms with Crippen molar-refractivity contribution in [1.29, 1.82) is 0 Å². The predicted molar refractivity (Wildman–Crippen MR) is 114 cm³/mol. The van der Waals surface area contributed by atoms with Gasteiger partial charge in [0.2, 0.25) is 10.0 Å². The molecule has 1 atom stereocenters. The van der Waals surface area contributed by atoms with E-state index in [0.717, 1.165) is 6.07 Å². The molecule has 9 heteroatoms. The number of sulfonamides is 1. The lowest BCUT2D eigenvalue weighted by molar-refractivity contribution is 0.0475. The summed E-state index contributed by atoms with van der Waals surface area (Å²) < 4.78 is 52.5. The summed E-state index contributed by atoms with van der Waals surface area (Å²) in [6.45, 7) is 5.54. The maximum absolute atomic E-state index is 13.4. The number of carbonyl (C=O) groups excluding carboxylic acids is 1. The molecule has 0 aliphatic carbocycles. The second-order valence-electron chi connectivity index (χ2n) is 7.44. The summed E-state index contributed by atoms with van der Waals surface area (Å²) >= 11 is 0. The minimum Gasteiger partial charge on any atom is -0.333 e. The molecule has 2 aromatic rings. The lowest BCUT2D eigenvalue weighted by atomic mass is 10.1. The van der Waals surface area contributed by atoms with E-state index >= 15 is 0 Å². The summed E-state index contributed by atoms with van der Waals surface area (Å²) in [6.07, 6.45) is 0. The lowest BCUT2D eigenvalue weighted by Crippen LogP contribution is -2.53. The minimum absolute atomic E-state index is 0. The van der Waals surface area contributed by atoms with Crippen LogP contribution < -0.4 is 4.72 Å². The molecule has 0 radical (unpaired) electrons. The number of halogens is 2. The summed E-state index contributed by atoms with van der Waals surface area (Å²) in [4.78, 5) is 16.7. The fourth-order valence-corrected chi connectivity index (χ4v) is 4.18. The Kier molecular flexibility index (Phi) is 6.72. The van der Waals surface area contributed by atoms with Gasteiger partial charge in [0, 0.05) is 51.0 Å². The van der Waals surface area contributed by atoms with Gasteiger partial charge in [-0.05, 0) is 55.8 Å². The zero-order valence-corrected chi connectivity index (χ0v) is 17.8. The van der Waals surface area contributed by atoms with Gasteiger partial charge >= 0.3 is 0 Å². The van der Waals surface area contributed by atoms with Crippen molar-refractivity contribution in [3.8, 4) is 0 Å². The second-order valence-corrected chi connectivity index (χ2v) is 9.45. The van der Waals surface area contributed by atoms with Crippen molar-refractivity contribution >= 4 is 21.6 Å². The molecule has 0 spiro atoms. The third-order valence-electron chi connectivity index (χ3n) is 5.09. The van der Waals surface area contributed by atoms with Crippen LogP contribution in [0, 0.1) is 11.6 Å². The topological polar surface area (TPSA) is 69.7 Å². The Balaban J connectivity index is 0.00000341. The highest BCUT2D eigenvalue weighted by Gasteiger charge is 2.28. The first-order chi connectivity index (χ1) is 14.2. The van der Waals surface area contributed by atoms with Gasteiger partial charge in [-0.2, -0.15) is 0 Å². The molecule has 0 aromatic heterocycles. The number of nitrogens with zero attached hydrogens (tertiary/aromatic N) is 2. The molecule has 3 rings (SSSR count). The Morgan fingerprint density at radius 1 is 1.13 bits per heavy atom. The molecule has 1 heterocycles. The van der Waals surface area contributed by atoms with Gasteiger partial charge in [0.05, 0.1) is 5.75 Å². The fourth-order valence-electron chi connectivity index (χ4n) is 3.54. The second kappa shape index (κ2) is 9.09. The van der Waals surface area contributed by atoms with Gasteiger partial charge in [0.15, 0.2) is 0 Å². The number of rotatable bonds is 6. The van der Waals surface area contributed by atoms with Crippen molar-refractivity contribution in [2.24, 2.45) is 0 Å². The molecule has 0 saturated carbocycles. The molecule has 0 unspecified atom stereocenters. The standard InChI is InChI=1S/C21H25F2N3O3S.H2/c1-3-30(28,29)24-20-6-4-17(5-7-20)21(27)26-9-8-25(13-15(26)2)14-16-10-18(22)12-19(23)11-16;/h4-7,10-12,15,24H,3,8-9,13-14H2,1-2H3;1H/t15-;/m0./s1. The van der Waals surface area contributed by atoms with E-state index in [1.54, 1.807) is 36.1 Å². The number of carbonyl (C=O) groups is 1. The quantitative estimate of drug-likeness (QED) is 0.750. The normalized spacial score (nSPS) is 17.7. The zero-order chi connectivity index (χ0) is 21.9. The molecule has 1 saturated heterocycles. The first-order valence-electron chi connectivity index (χ1n) is 9.75. The van der Waals surface area contributed by atoms with E-state index in [0.29, 0.717) is 43.0 Å². The largest absolute Gasteiger partial charge is 0.333 e. The van der Waals surface area contributed by atoms with E-state index in [2.05, 4.69) is 9.62 Å². The molecule has 0 bridgehead atoms. The number of amides is 1. The van der Waals surface area contributed by atoms with Crippen LogP contribution in [-0.4, -0.2) is 55.6 Å². The van der Waals surface area contributed by atoms with E-state index in [1.807, 2.05) is 6.92 Å². The number of hydrogen-bond donors (Lipinski definition) is 1. The van der Waals surface area contributed by atoms with Gasteiger partial charge in [-0.25, -0.2) is 17.2 Å². The molecule has 1 fully saturated rings. The Bertz CT molecular complexity index is 999. The van der Waals surface area contributed by atoms with Gasteiger partial charge in [0.25, 0.3) is 5.91 Å². The number of anilines is 1. The summed E-state index contributed by atoms with van der Waals surface area (Å²) in [6, 6.07) is 9.75. The molecule has 1 aliphatic heterocycles. The van der Waals surface area contributed by atoms with E-state index < -0.39 is 21.7 Å². The number of nitrogens with one attached hydrogen (secondary N) is 1. The monoisotopic (exact) mass is 439 g/mol. The van der Waals surface area contributed by atoms with Gasteiger partial charge in [0.1, 0.15) is 11.6 Å². The Morgan fingerprint density at radius 3 is 2.33 bits per heavy atom. The third kappa shape index (κ3) is 5.54. The molecule has 2 aromatic carbocycles. The highest BCUT2D eigenvalue weighted by atomic mass is 32.2. The first kappa shape index (κ1) is 22.2. The van der Waals surface area contributed by atoms with E-state index in [1.165, 1.54) is 12.1 Å². The van der Waals surface area contributed by atoms with Crippen LogP contribution in [0.15, 0.2) is 42.5 Å². The number of piperazine rings is 1. The van der Waals surface area contributed by atoms with Crippen LogP contribution in [0.2, 0.25) is 0 Å². The summed E-state index contributed by atoms with van der Waals surface area (Å²) in [5, 5.41) is 0. The van der Waals surface area contributed by atoms with E-state index in [4.69, 9.17) is 0 Å². The van der Waals surface area contributed by atoms with Crippen LogP contribution in [0.25, 0.3) is 0 Å². The minimum atomic E-state index is -3.37. The van der Waals surface area contributed by atoms with Crippen LogP contribution >= 0.6 is 0 Å². The number of benzene rings is 2. The fraction of sp³-hybridized carbons (Fsp3) is 0.381. The van der Waals surface area contributed by atoms with Gasteiger partial charge in [-0.3, -0.25) is 14.4 Å². The van der Waals surface area contributed by atoms with Crippen LogP contribution in [0.4, 0.5) is 14.5 Å². The van der Waals surface area contributed by atoms with Crippen molar-refractivity contribution in [2.45, 2.75) is 26.4 Å². The molecular formula is C21H27F2N3O3S. The smallest absolute Gasteiger partial charge is 0.254 e. The van der Waals surface area contributed by atoms with Crippen LogP contribution in [0.3, 0.4) is 0 Å². The zero-order valence-electron chi connectivity index (χ0n) is 16.9. The molecular weight excluding hydrogens is 412 g/mol. The molecule has 30 heavy (non-hydrogen) atoms. The summed E-state index contributed by atoms with van der Waals surface area (Å²) in [5.41, 5.74) is 1.44. The molecule has 1 aliphatic rings.